The van der Waals surface area contributed by atoms with Crippen molar-refractivity contribution in [1.82, 2.24) is 4.98 Å². The zero-order chi connectivity index (χ0) is 14.1. The molecule has 1 aromatic carbocycles. The van der Waals surface area contributed by atoms with Gasteiger partial charge in [-0.05, 0) is 30.3 Å². The second kappa shape index (κ2) is 4.98. The normalized spacial score (nSPS) is 10.7. The Bertz CT molecular complexity index is 777. The summed E-state index contributed by atoms with van der Waals surface area (Å²) in [6, 6.07) is 8.65. The third-order valence-electron chi connectivity index (χ3n) is 2.80. The van der Waals surface area contributed by atoms with Crippen LogP contribution in [0.5, 0.6) is 11.5 Å². The lowest BCUT2D eigenvalue weighted by Crippen LogP contribution is -1.86. The van der Waals surface area contributed by atoms with Crippen LogP contribution in [0.4, 0.5) is 0 Å². The van der Waals surface area contributed by atoms with Crippen LogP contribution in [-0.4, -0.2) is 10.8 Å². The summed E-state index contributed by atoms with van der Waals surface area (Å²) < 4.78 is 11.2. The molecule has 0 spiro atoms. The van der Waals surface area contributed by atoms with Gasteiger partial charge in [-0.15, -0.1) is 0 Å². The second-order valence-corrected chi connectivity index (χ2v) is 4.71. The smallest absolute Gasteiger partial charge is 0.194 e. The van der Waals surface area contributed by atoms with Crippen LogP contribution in [0.15, 0.2) is 47.1 Å². The number of ketones is 1. The highest BCUT2D eigenvalue weighted by atomic mass is 35.5. The summed E-state index contributed by atoms with van der Waals surface area (Å²) >= 11 is 5.83. The number of carbonyl (C=O) groups is 1. The fourth-order valence-corrected chi connectivity index (χ4v) is 1.95. The number of carbonyl (C=O) groups excluding carboxylic acids is 1. The second-order valence-electron chi connectivity index (χ2n) is 4.27. The predicted octanol–water partition coefficient (Wildman–Crippen LogP) is 4.48. The number of nitrogens with zero attached hydrogens (tertiary/aromatic N) is 1. The number of fused-ring (bicyclic) bond motifs is 1. The first-order valence-electron chi connectivity index (χ1n) is 5.95. The van der Waals surface area contributed by atoms with Crippen LogP contribution in [0.25, 0.3) is 11.0 Å². The Morgan fingerprint density at radius 1 is 1.25 bits per heavy atom. The largest absolute Gasteiger partial charge is 0.455 e. The van der Waals surface area contributed by atoms with Gasteiger partial charge >= 0.3 is 0 Å². The topological polar surface area (TPSA) is 52.3 Å². The van der Waals surface area contributed by atoms with Crippen molar-refractivity contribution in [2.24, 2.45) is 0 Å². The van der Waals surface area contributed by atoms with Crippen LogP contribution < -0.4 is 4.74 Å². The molecule has 0 atom stereocenters. The van der Waals surface area contributed by atoms with Gasteiger partial charge in [-0.1, -0.05) is 11.6 Å². The average molecular weight is 288 g/mol. The summed E-state index contributed by atoms with van der Waals surface area (Å²) in [5, 5.41) is 1.34. The molecule has 0 saturated heterocycles. The third kappa shape index (κ3) is 2.38. The maximum Gasteiger partial charge on any atom is 0.194 e. The zero-order valence-electron chi connectivity index (χ0n) is 10.6. The summed E-state index contributed by atoms with van der Waals surface area (Å²) in [7, 11) is 0. The number of hydrogen-bond donors (Lipinski definition) is 0. The van der Waals surface area contributed by atoms with Crippen molar-refractivity contribution in [1.29, 1.82) is 0 Å². The van der Waals surface area contributed by atoms with Crippen LogP contribution in [0.2, 0.25) is 5.02 Å². The molecule has 2 heterocycles. The van der Waals surface area contributed by atoms with Crippen LogP contribution in [0.1, 0.15) is 17.5 Å². The van der Waals surface area contributed by atoms with Gasteiger partial charge in [0.25, 0.3) is 0 Å². The van der Waals surface area contributed by atoms with Crippen LogP contribution in [0, 0.1) is 0 Å². The first kappa shape index (κ1) is 12.7. The number of aromatic nitrogens is 1. The summed E-state index contributed by atoms with van der Waals surface area (Å²) in [6.07, 6.45) is 3.13. The molecule has 0 aliphatic carbocycles. The molecule has 20 heavy (non-hydrogen) atoms. The number of Topliss-reactive ketones (excluding diaryl/α,β-unsaturated/α-hetero) is 1. The van der Waals surface area contributed by atoms with Gasteiger partial charge in [0.2, 0.25) is 0 Å². The third-order valence-corrected chi connectivity index (χ3v) is 3.05. The number of hydrogen-bond acceptors (Lipinski definition) is 4. The molecule has 0 aliphatic heterocycles. The Kier molecular flexibility index (Phi) is 3.16. The molecule has 0 saturated carbocycles. The van der Waals surface area contributed by atoms with Crippen molar-refractivity contribution < 1.29 is 13.9 Å². The molecule has 5 heteroatoms. The predicted molar refractivity (Wildman–Crippen MR) is 75.5 cm³/mol. The highest BCUT2D eigenvalue weighted by Crippen LogP contribution is 2.31. The van der Waals surface area contributed by atoms with Crippen molar-refractivity contribution >= 4 is 28.4 Å². The van der Waals surface area contributed by atoms with Crippen molar-refractivity contribution in [2.45, 2.75) is 6.92 Å². The Hall–Kier alpha value is -2.33. The summed E-state index contributed by atoms with van der Waals surface area (Å²) in [6.45, 7) is 1.45. The van der Waals surface area contributed by atoms with Crippen molar-refractivity contribution in [2.75, 3.05) is 0 Å². The van der Waals surface area contributed by atoms with E-state index in [-0.39, 0.29) is 11.5 Å². The van der Waals surface area contributed by atoms with E-state index in [0.717, 1.165) is 0 Å². The number of rotatable bonds is 3. The molecule has 0 unspecified atom stereocenters. The van der Waals surface area contributed by atoms with E-state index in [2.05, 4.69) is 4.98 Å². The number of pyridine rings is 1. The maximum absolute atomic E-state index is 11.4. The van der Waals surface area contributed by atoms with Gasteiger partial charge in [-0.25, -0.2) is 0 Å². The molecule has 0 amide bonds. The van der Waals surface area contributed by atoms with E-state index in [1.807, 2.05) is 0 Å². The van der Waals surface area contributed by atoms with Crippen molar-refractivity contribution in [3.63, 3.8) is 0 Å². The molecule has 0 bridgehead atoms. The minimum atomic E-state index is -0.140. The van der Waals surface area contributed by atoms with E-state index in [9.17, 15) is 4.79 Å². The van der Waals surface area contributed by atoms with Crippen LogP contribution in [0.3, 0.4) is 0 Å². The lowest BCUT2D eigenvalue weighted by Gasteiger charge is -2.05. The summed E-state index contributed by atoms with van der Waals surface area (Å²) in [4.78, 5) is 15.4. The molecule has 0 fully saturated rings. The van der Waals surface area contributed by atoms with E-state index >= 15 is 0 Å². The van der Waals surface area contributed by atoms with E-state index in [1.165, 1.54) is 6.92 Å². The summed E-state index contributed by atoms with van der Waals surface area (Å²) in [5.74, 6) is 1.31. The zero-order valence-corrected chi connectivity index (χ0v) is 11.3. The lowest BCUT2D eigenvalue weighted by atomic mass is 10.2. The number of ether oxygens (including phenoxy) is 1. The minimum absolute atomic E-state index is 0.140. The van der Waals surface area contributed by atoms with E-state index in [4.69, 9.17) is 20.8 Å². The van der Waals surface area contributed by atoms with Gasteiger partial charge < -0.3 is 9.15 Å². The van der Waals surface area contributed by atoms with E-state index < -0.39 is 0 Å². The van der Waals surface area contributed by atoms with Gasteiger partial charge in [0, 0.05) is 11.9 Å². The molecule has 0 N–H and O–H groups in total. The molecule has 0 aliphatic rings. The molecule has 3 aromatic rings. The van der Waals surface area contributed by atoms with E-state index in [0.29, 0.717) is 27.5 Å². The van der Waals surface area contributed by atoms with Crippen molar-refractivity contribution in [3.8, 4) is 11.5 Å². The Morgan fingerprint density at radius 3 is 2.70 bits per heavy atom. The molecular weight excluding hydrogens is 278 g/mol. The average Bonchev–Trinajstić information content (AvgIpc) is 2.87. The first-order valence-corrected chi connectivity index (χ1v) is 6.33. The number of benzene rings is 1. The fraction of sp³-hybridized carbons (Fsp3) is 0.0667. The van der Waals surface area contributed by atoms with Gasteiger partial charge in [0.15, 0.2) is 22.9 Å². The standard InChI is InChI=1S/C15H10ClNO3/c1-9(18)13-6-12-14(7-17-8-15(12)20-13)19-11-4-2-10(16)3-5-11/h2-8H,1H3. The number of furan rings is 1. The summed E-state index contributed by atoms with van der Waals surface area (Å²) in [5.41, 5.74) is 0.515. The Labute approximate surface area is 119 Å². The van der Waals surface area contributed by atoms with Crippen LogP contribution >= 0.6 is 11.6 Å². The molecule has 3 rings (SSSR count). The minimum Gasteiger partial charge on any atom is -0.455 e. The fourth-order valence-electron chi connectivity index (χ4n) is 1.82. The highest BCUT2D eigenvalue weighted by molar-refractivity contribution is 6.30. The van der Waals surface area contributed by atoms with Gasteiger partial charge in [-0.2, -0.15) is 0 Å². The molecule has 2 aromatic heterocycles. The van der Waals surface area contributed by atoms with Crippen molar-refractivity contribution in [3.05, 3.63) is 53.5 Å². The van der Waals surface area contributed by atoms with Crippen LogP contribution in [-0.2, 0) is 0 Å². The Morgan fingerprint density at radius 2 is 2.00 bits per heavy atom. The van der Waals surface area contributed by atoms with Gasteiger partial charge in [0.05, 0.1) is 17.8 Å². The molecular formula is C15H10ClNO3. The Balaban J connectivity index is 2.02. The SMILES string of the molecule is CC(=O)c1cc2c(Oc3ccc(Cl)cc3)cncc2o1. The maximum atomic E-state index is 11.4. The number of halogens is 1. The molecule has 100 valence electrons. The van der Waals surface area contributed by atoms with Gasteiger partial charge in [-0.3, -0.25) is 9.78 Å². The quantitative estimate of drug-likeness (QED) is 0.667. The van der Waals surface area contributed by atoms with E-state index in [1.54, 1.807) is 42.7 Å². The molecule has 4 nitrogen and oxygen atoms in total. The molecule has 0 radical (unpaired) electrons. The van der Waals surface area contributed by atoms with Gasteiger partial charge in [0.1, 0.15) is 5.75 Å². The highest BCUT2D eigenvalue weighted by Gasteiger charge is 2.12. The lowest BCUT2D eigenvalue weighted by molar-refractivity contribution is 0.0989. The first-order chi connectivity index (χ1) is 9.63. The monoisotopic (exact) mass is 287 g/mol.